The quantitative estimate of drug-likeness (QED) is 0.106. The van der Waals surface area contributed by atoms with Crippen LogP contribution in [-0.4, -0.2) is 25.5 Å². The number of fused-ring (bicyclic) bond motifs is 2. The summed E-state index contributed by atoms with van der Waals surface area (Å²) in [5.41, 5.74) is 0. The summed E-state index contributed by atoms with van der Waals surface area (Å²) >= 11 is 13.0. The molecule has 0 bridgehead atoms. The molecule has 0 aliphatic carbocycles. The smallest absolute Gasteiger partial charge is 0.434 e. The van der Waals surface area contributed by atoms with Crippen molar-refractivity contribution in [3.8, 4) is 11.5 Å². The molecule has 0 spiro atoms. The first kappa shape index (κ1) is 31.8. The maximum atomic E-state index is 12.9. The number of rotatable bonds is 14. The third kappa shape index (κ3) is 8.17. The van der Waals surface area contributed by atoms with Crippen molar-refractivity contribution in [2.24, 2.45) is 11.8 Å². The largest absolute Gasteiger partial charge is 0.513 e. The lowest BCUT2D eigenvalue weighted by Crippen LogP contribution is -2.18. The topological polar surface area (TPSA) is 71.1 Å². The molecule has 6 nitrogen and oxygen atoms in total. The van der Waals surface area contributed by atoms with Gasteiger partial charge in [-0.05, 0) is 36.8 Å². The number of benzene rings is 3. The highest BCUT2D eigenvalue weighted by atomic mass is 35.5. The van der Waals surface area contributed by atoms with E-state index in [0.717, 1.165) is 51.4 Å². The van der Waals surface area contributed by atoms with Gasteiger partial charge in [-0.3, -0.25) is 0 Å². The molecule has 3 aromatic rings. The molecule has 0 heterocycles. The molecule has 0 N–H and O–H groups in total. The minimum absolute atomic E-state index is 0.172. The molecule has 2 unspecified atom stereocenters. The van der Waals surface area contributed by atoms with Gasteiger partial charge in [0.05, 0.1) is 23.3 Å². The molecule has 0 aliphatic heterocycles. The lowest BCUT2D eigenvalue weighted by molar-refractivity contribution is 0.0805. The average molecular weight is 592 g/mol. The first-order chi connectivity index (χ1) is 19.3. The molecule has 0 fully saturated rings. The van der Waals surface area contributed by atoms with E-state index in [-0.39, 0.29) is 46.6 Å². The van der Waals surface area contributed by atoms with E-state index in [0.29, 0.717) is 21.5 Å². The molecule has 8 heteroatoms. The maximum Gasteiger partial charge on any atom is 0.513 e. The summed E-state index contributed by atoms with van der Waals surface area (Å²) in [6.45, 7) is 8.98. The van der Waals surface area contributed by atoms with Crippen molar-refractivity contribution in [1.82, 2.24) is 0 Å². The van der Waals surface area contributed by atoms with Crippen molar-refractivity contribution in [2.45, 2.75) is 79.1 Å². The number of hydrogen-bond acceptors (Lipinski definition) is 6. The van der Waals surface area contributed by atoms with Crippen LogP contribution in [0.25, 0.3) is 21.5 Å². The van der Waals surface area contributed by atoms with Gasteiger partial charge in [0.2, 0.25) is 0 Å². The summed E-state index contributed by atoms with van der Waals surface area (Å²) in [4.78, 5) is 25.7. The minimum Gasteiger partial charge on any atom is -0.434 e. The van der Waals surface area contributed by atoms with E-state index in [1.54, 1.807) is 30.3 Å². The van der Waals surface area contributed by atoms with Crippen LogP contribution in [0.3, 0.4) is 0 Å². The van der Waals surface area contributed by atoms with E-state index >= 15 is 0 Å². The highest BCUT2D eigenvalue weighted by molar-refractivity contribution is 6.46. The molecule has 0 amide bonds. The van der Waals surface area contributed by atoms with Crippen LogP contribution in [-0.2, 0) is 9.47 Å². The van der Waals surface area contributed by atoms with E-state index in [9.17, 15) is 9.59 Å². The number of ether oxygens (including phenoxy) is 4. The molecule has 0 aromatic heterocycles. The summed E-state index contributed by atoms with van der Waals surface area (Å²) in [5.74, 6) is 0.971. The Balaban J connectivity index is 1.95. The molecule has 0 aliphatic rings. The fourth-order valence-electron chi connectivity index (χ4n) is 4.73. The molecule has 40 heavy (non-hydrogen) atoms. The minimum atomic E-state index is -0.830. The molecular weight excluding hydrogens is 551 g/mol. The van der Waals surface area contributed by atoms with Gasteiger partial charge in [0, 0.05) is 21.5 Å². The van der Waals surface area contributed by atoms with E-state index in [1.807, 2.05) is 6.07 Å². The molecule has 0 saturated carbocycles. The molecular formula is C32H40Cl2O6. The Hall–Kier alpha value is -2.70. The number of halogens is 2. The zero-order chi connectivity index (χ0) is 29.1. The third-order valence-electron chi connectivity index (χ3n) is 7.31. The molecule has 2 atom stereocenters. The number of carbonyl (C=O) groups excluding carboxylic acids is 2. The van der Waals surface area contributed by atoms with Crippen molar-refractivity contribution < 1.29 is 28.5 Å². The van der Waals surface area contributed by atoms with Crippen molar-refractivity contribution in [3.63, 3.8) is 0 Å². The van der Waals surface area contributed by atoms with Gasteiger partial charge in [-0.15, -0.1) is 0 Å². The normalized spacial score (nSPS) is 12.8. The number of carbonyl (C=O) groups is 2. The molecule has 218 valence electrons. The van der Waals surface area contributed by atoms with Gasteiger partial charge in [-0.2, -0.15) is 0 Å². The standard InChI is InChI=1S/C32H40Cl2O6/c1-5-9-13-21(7-3)19-37-31(35)39-29-23-15-11-12-16-24(23)30(27-25(29)17-18-26(33)28(27)34)40-32(36)38-20-22(8-4)14-10-6-2/h11-12,15-18,21-22H,5-10,13-14,19-20H2,1-4H3. The predicted octanol–water partition coefficient (Wildman–Crippen LogP) is 10.8. The van der Waals surface area contributed by atoms with Crippen molar-refractivity contribution >= 4 is 57.1 Å². The Bertz CT molecular complexity index is 1290. The van der Waals surface area contributed by atoms with Crippen LogP contribution in [0.2, 0.25) is 10.0 Å². The highest BCUT2D eigenvalue weighted by Gasteiger charge is 2.24. The second kappa shape index (κ2) is 15.9. The average Bonchev–Trinajstić information content (AvgIpc) is 2.96. The van der Waals surface area contributed by atoms with Crippen LogP contribution < -0.4 is 9.47 Å². The van der Waals surface area contributed by atoms with E-state index < -0.39 is 12.3 Å². The maximum absolute atomic E-state index is 12.9. The van der Waals surface area contributed by atoms with Crippen LogP contribution in [0.4, 0.5) is 9.59 Å². The zero-order valence-corrected chi connectivity index (χ0v) is 25.4. The predicted molar refractivity (Wildman–Crippen MR) is 162 cm³/mol. The summed E-state index contributed by atoms with van der Waals surface area (Å²) in [5, 5.41) is 2.32. The second-order valence-corrected chi connectivity index (χ2v) is 10.9. The van der Waals surface area contributed by atoms with Gasteiger partial charge in [0.25, 0.3) is 0 Å². The zero-order valence-electron chi connectivity index (χ0n) is 23.9. The Labute approximate surface area is 247 Å². The summed E-state index contributed by atoms with van der Waals surface area (Å²) < 4.78 is 22.6. The first-order valence-electron chi connectivity index (χ1n) is 14.4. The van der Waals surface area contributed by atoms with Gasteiger partial charge in [-0.1, -0.05) is 114 Å². The van der Waals surface area contributed by atoms with E-state index in [1.165, 1.54) is 0 Å². The van der Waals surface area contributed by atoms with Crippen molar-refractivity contribution in [3.05, 3.63) is 46.4 Å². The SMILES string of the molecule is CCCCC(CC)COC(=O)Oc1c2ccccc2c(OC(=O)OCC(CC)CCCC)c2c(Cl)c(Cl)ccc12. The van der Waals surface area contributed by atoms with Crippen LogP contribution in [0.15, 0.2) is 36.4 Å². The molecule has 3 rings (SSSR count). The Morgan fingerprint density at radius 1 is 0.700 bits per heavy atom. The van der Waals surface area contributed by atoms with E-state index in [4.69, 9.17) is 42.1 Å². The highest BCUT2D eigenvalue weighted by Crippen LogP contribution is 2.47. The second-order valence-electron chi connectivity index (χ2n) is 10.1. The number of hydrogen-bond donors (Lipinski definition) is 0. The summed E-state index contributed by atoms with van der Waals surface area (Å²) in [7, 11) is 0. The fraction of sp³-hybridized carbons (Fsp3) is 0.500. The van der Waals surface area contributed by atoms with Gasteiger partial charge >= 0.3 is 12.3 Å². The van der Waals surface area contributed by atoms with Crippen LogP contribution in [0.1, 0.15) is 79.1 Å². The van der Waals surface area contributed by atoms with Gasteiger partial charge in [0.1, 0.15) is 0 Å². The van der Waals surface area contributed by atoms with E-state index in [2.05, 4.69) is 27.7 Å². The van der Waals surface area contributed by atoms with Gasteiger partial charge in [0.15, 0.2) is 11.5 Å². The molecule has 3 aromatic carbocycles. The fourth-order valence-corrected chi connectivity index (χ4v) is 5.14. The van der Waals surface area contributed by atoms with Crippen LogP contribution in [0, 0.1) is 11.8 Å². The van der Waals surface area contributed by atoms with Crippen molar-refractivity contribution in [2.75, 3.05) is 13.2 Å². The van der Waals surface area contributed by atoms with Gasteiger partial charge < -0.3 is 18.9 Å². The lowest BCUT2D eigenvalue weighted by Gasteiger charge is -2.19. The molecule has 0 saturated heterocycles. The lowest BCUT2D eigenvalue weighted by atomic mass is 10.0. The number of unbranched alkanes of at least 4 members (excludes halogenated alkanes) is 2. The summed E-state index contributed by atoms with van der Waals surface area (Å²) in [6, 6.07) is 10.4. The van der Waals surface area contributed by atoms with Gasteiger partial charge in [-0.25, -0.2) is 9.59 Å². The first-order valence-corrected chi connectivity index (χ1v) is 15.1. The molecule has 0 radical (unpaired) electrons. The van der Waals surface area contributed by atoms with Crippen LogP contribution >= 0.6 is 23.2 Å². The Morgan fingerprint density at radius 3 is 1.70 bits per heavy atom. The Morgan fingerprint density at radius 2 is 1.20 bits per heavy atom. The van der Waals surface area contributed by atoms with Crippen LogP contribution in [0.5, 0.6) is 11.5 Å². The Kier molecular flexibility index (Phi) is 12.7. The third-order valence-corrected chi connectivity index (χ3v) is 8.12. The summed E-state index contributed by atoms with van der Waals surface area (Å²) in [6.07, 6.45) is 6.46. The van der Waals surface area contributed by atoms with Crippen molar-refractivity contribution in [1.29, 1.82) is 0 Å². The monoisotopic (exact) mass is 590 g/mol.